The van der Waals surface area contributed by atoms with Crippen molar-refractivity contribution in [2.75, 3.05) is 5.73 Å². The van der Waals surface area contributed by atoms with E-state index < -0.39 is 0 Å². The first-order valence-corrected chi connectivity index (χ1v) is 10.8. The van der Waals surface area contributed by atoms with Gasteiger partial charge in [-0.15, -0.1) is 0 Å². The van der Waals surface area contributed by atoms with E-state index in [1.54, 1.807) is 16.9 Å². The van der Waals surface area contributed by atoms with Crippen molar-refractivity contribution >= 4 is 27.8 Å². The molecule has 2 aromatic carbocycles. The SMILES string of the molecule is Cc1cc(C)cc(Cn2cc3c(F)c(-c4cn(C5CC5)c5ncnc(N)c45)ccc3n2)c1. The zero-order valence-electron chi connectivity index (χ0n) is 18.0. The van der Waals surface area contributed by atoms with Crippen LogP contribution in [0.15, 0.2) is 49.1 Å². The van der Waals surface area contributed by atoms with Gasteiger partial charge in [-0.3, -0.25) is 4.68 Å². The molecule has 1 fully saturated rings. The number of nitrogens with zero attached hydrogens (tertiary/aromatic N) is 5. The van der Waals surface area contributed by atoms with E-state index in [2.05, 4.69) is 51.7 Å². The van der Waals surface area contributed by atoms with E-state index >= 15 is 4.39 Å². The van der Waals surface area contributed by atoms with Gasteiger partial charge >= 0.3 is 0 Å². The second-order valence-electron chi connectivity index (χ2n) is 8.82. The Morgan fingerprint density at radius 1 is 1.03 bits per heavy atom. The highest BCUT2D eigenvalue weighted by atomic mass is 19.1. The minimum absolute atomic E-state index is 0.299. The zero-order valence-corrected chi connectivity index (χ0v) is 18.0. The maximum atomic E-state index is 15.8. The summed E-state index contributed by atoms with van der Waals surface area (Å²) in [6, 6.07) is 10.5. The van der Waals surface area contributed by atoms with Crippen LogP contribution in [0.25, 0.3) is 33.1 Å². The zero-order chi connectivity index (χ0) is 22.0. The van der Waals surface area contributed by atoms with E-state index in [9.17, 15) is 0 Å². The first-order chi connectivity index (χ1) is 15.5. The molecule has 32 heavy (non-hydrogen) atoms. The molecule has 0 spiro atoms. The second-order valence-corrected chi connectivity index (χ2v) is 8.82. The Hall–Kier alpha value is -3.74. The Kier molecular flexibility index (Phi) is 4.08. The van der Waals surface area contributed by atoms with Crippen molar-refractivity contribution in [1.29, 1.82) is 0 Å². The fourth-order valence-electron chi connectivity index (χ4n) is 4.69. The second kappa shape index (κ2) is 6.88. The van der Waals surface area contributed by atoms with Crippen LogP contribution in [0.2, 0.25) is 0 Å². The summed E-state index contributed by atoms with van der Waals surface area (Å²) in [5.41, 5.74) is 12.4. The molecule has 6 nitrogen and oxygen atoms in total. The van der Waals surface area contributed by atoms with Gasteiger partial charge in [0.05, 0.1) is 22.8 Å². The number of halogens is 1. The standard InChI is InChI=1S/C25H23FN6/c1-14-7-15(2)9-16(8-14)10-31-11-20-21(30-31)6-5-18(23(20)26)19-12-32(17-3-4-17)25-22(19)24(27)28-13-29-25/h5-9,11-13,17H,3-4,10H2,1-2H3,(H2,27,28,29). The summed E-state index contributed by atoms with van der Waals surface area (Å²) in [7, 11) is 0. The van der Waals surface area contributed by atoms with Crippen LogP contribution in [-0.4, -0.2) is 24.3 Å². The van der Waals surface area contributed by atoms with Crippen molar-refractivity contribution in [2.45, 2.75) is 39.3 Å². The van der Waals surface area contributed by atoms with Gasteiger partial charge in [-0.05, 0) is 44.4 Å². The van der Waals surface area contributed by atoms with E-state index in [4.69, 9.17) is 5.73 Å². The average molecular weight is 426 g/mol. The predicted octanol–water partition coefficient (Wildman–Crippen LogP) is 5.17. The van der Waals surface area contributed by atoms with Crippen LogP contribution in [0.4, 0.5) is 10.2 Å². The lowest BCUT2D eigenvalue weighted by Gasteiger charge is -2.05. The summed E-state index contributed by atoms with van der Waals surface area (Å²) in [5, 5.41) is 5.81. The van der Waals surface area contributed by atoms with E-state index in [0.717, 1.165) is 29.6 Å². The maximum Gasteiger partial charge on any atom is 0.146 e. The van der Waals surface area contributed by atoms with Gasteiger partial charge in [0.15, 0.2) is 0 Å². The number of rotatable bonds is 4. The molecule has 0 atom stereocenters. The smallest absolute Gasteiger partial charge is 0.146 e. The Morgan fingerprint density at radius 3 is 2.56 bits per heavy atom. The summed E-state index contributed by atoms with van der Waals surface area (Å²) in [5.74, 6) is 0.0710. The van der Waals surface area contributed by atoms with Gasteiger partial charge < -0.3 is 10.3 Å². The Bertz CT molecular complexity index is 1490. The van der Waals surface area contributed by atoms with Gasteiger partial charge in [0.1, 0.15) is 23.6 Å². The van der Waals surface area contributed by atoms with E-state index in [1.165, 1.54) is 17.5 Å². The van der Waals surface area contributed by atoms with Crippen molar-refractivity contribution in [1.82, 2.24) is 24.3 Å². The molecule has 2 N–H and O–H groups in total. The minimum atomic E-state index is -0.299. The Balaban J connectivity index is 1.47. The molecule has 0 amide bonds. The lowest BCUT2D eigenvalue weighted by atomic mass is 10.0. The molecule has 0 unspecified atom stereocenters. The maximum absolute atomic E-state index is 15.8. The molecule has 1 saturated carbocycles. The van der Waals surface area contributed by atoms with E-state index in [-0.39, 0.29) is 5.82 Å². The molecule has 3 aromatic heterocycles. The van der Waals surface area contributed by atoms with Gasteiger partial charge in [-0.1, -0.05) is 29.3 Å². The number of benzene rings is 2. The average Bonchev–Trinajstić information content (AvgIpc) is 3.38. The first kappa shape index (κ1) is 19.0. The number of aromatic nitrogens is 5. The fraction of sp³-hybridized carbons (Fsp3) is 0.240. The Labute approximate surface area is 184 Å². The van der Waals surface area contributed by atoms with Crippen LogP contribution >= 0.6 is 0 Å². The Morgan fingerprint density at radius 2 is 1.81 bits per heavy atom. The third-order valence-corrected chi connectivity index (χ3v) is 6.17. The van der Waals surface area contributed by atoms with Gasteiger partial charge in [0.2, 0.25) is 0 Å². The number of nitrogen functional groups attached to an aromatic ring is 1. The monoisotopic (exact) mass is 426 g/mol. The van der Waals surface area contributed by atoms with Crippen molar-refractivity contribution in [3.8, 4) is 11.1 Å². The highest BCUT2D eigenvalue weighted by molar-refractivity contribution is 6.02. The van der Waals surface area contributed by atoms with Crippen LogP contribution in [0, 0.1) is 19.7 Å². The molecule has 5 aromatic rings. The summed E-state index contributed by atoms with van der Waals surface area (Å²) < 4.78 is 19.7. The molecule has 1 aliphatic rings. The van der Waals surface area contributed by atoms with Gasteiger partial charge in [0.25, 0.3) is 0 Å². The summed E-state index contributed by atoms with van der Waals surface area (Å²) in [6.45, 7) is 4.75. The van der Waals surface area contributed by atoms with E-state index in [0.29, 0.717) is 40.3 Å². The molecule has 7 heteroatoms. The molecule has 1 aliphatic carbocycles. The molecule has 6 rings (SSSR count). The molecule has 0 saturated heterocycles. The summed E-state index contributed by atoms with van der Waals surface area (Å²) in [4.78, 5) is 8.60. The third-order valence-electron chi connectivity index (χ3n) is 6.17. The lowest BCUT2D eigenvalue weighted by molar-refractivity contribution is 0.642. The topological polar surface area (TPSA) is 74.5 Å². The number of hydrogen-bond donors (Lipinski definition) is 1. The number of anilines is 1. The molecular formula is C25H23FN6. The third kappa shape index (κ3) is 3.04. The van der Waals surface area contributed by atoms with Crippen molar-refractivity contribution < 1.29 is 4.39 Å². The van der Waals surface area contributed by atoms with Crippen LogP contribution in [-0.2, 0) is 6.54 Å². The number of fused-ring (bicyclic) bond motifs is 2. The normalized spacial score (nSPS) is 14.0. The quantitative estimate of drug-likeness (QED) is 0.430. The lowest BCUT2D eigenvalue weighted by Crippen LogP contribution is -2.00. The van der Waals surface area contributed by atoms with Crippen molar-refractivity contribution in [2.24, 2.45) is 0 Å². The predicted molar refractivity (Wildman–Crippen MR) is 124 cm³/mol. The van der Waals surface area contributed by atoms with Gasteiger partial charge in [-0.25, -0.2) is 14.4 Å². The molecule has 0 aliphatic heterocycles. The largest absolute Gasteiger partial charge is 0.383 e. The first-order valence-electron chi connectivity index (χ1n) is 10.8. The van der Waals surface area contributed by atoms with Gasteiger partial charge in [-0.2, -0.15) is 5.10 Å². The molecule has 0 bridgehead atoms. The molecule has 0 radical (unpaired) electrons. The van der Waals surface area contributed by atoms with Crippen LogP contribution in [0.1, 0.15) is 35.6 Å². The fourth-order valence-corrected chi connectivity index (χ4v) is 4.69. The number of hydrogen-bond acceptors (Lipinski definition) is 4. The molecular weight excluding hydrogens is 403 g/mol. The molecule has 160 valence electrons. The number of nitrogens with two attached hydrogens (primary N) is 1. The highest BCUT2D eigenvalue weighted by Crippen LogP contribution is 2.43. The summed E-state index contributed by atoms with van der Waals surface area (Å²) >= 11 is 0. The highest BCUT2D eigenvalue weighted by Gasteiger charge is 2.28. The van der Waals surface area contributed by atoms with Gasteiger partial charge in [0, 0.05) is 29.6 Å². The van der Waals surface area contributed by atoms with Crippen LogP contribution < -0.4 is 5.73 Å². The van der Waals surface area contributed by atoms with E-state index in [1.807, 2.05) is 12.3 Å². The molecule has 3 heterocycles. The van der Waals surface area contributed by atoms with Crippen molar-refractivity contribution in [3.05, 3.63) is 71.6 Å². The summed E-state index contributed by atoms with van der Waals surface area (Å²) in [6.07, 6.45) is 7.42. The van der Waals surface area contributed by atoms with Crippen molar-refractivity contribution in [3.63, 3.8) is 0 Å². The number of aryl methyl sites for hydroxylation is 2. The van der Waals surface area contributed by atoms with Crippen LogP contribution in [0.3, 0.4) is 0 Å². The minimum Gasteiger partial charge on any atom is -0.383 e. The van der Waals surface area contributed by atoms with Crippen LogP contribution in [0.5, 0.6) is 0 Å².